The molecular formula is C20H21NO4. The van der Waals surface area contributed by atoms with Crippen LogP contribution in [0.3, 0.4) is 0 Å². The van der Waals surface area contributed by atoms with Crippen molar-refractivity contribution >= 4 is 17.6 Å². The molecule has 25 heavy (non-hydrogen) atoms. The number of benzene rings is 2. The highest BCUT2D eigenvalue weighted by Crippen LogP contribution is 2.38. The van der Waals surface area contributed by atoms with Gasteiger partial charge in [0.1, 0.15) is 5.75 Å². The largest absolute Gasteiger partial charge is 0.494 e. The van der Waals surface area contributed by atoms with E-state index in [9.17, 15) is 9.59 Å². The molecule has 2 aromatic carbocycles. The Morgan fingerprint density at radius 2 is 2.00 bits per heavy atom. The molecule has 1 aliphatic rings. The Hall–Kier alpha value is -2.82. The average Bonchev–Trinajstić information content (AvgIpc) is 2.61. The van der Waals surface area contributed by atoms with Crippen molar-refractivity contribution < 1.29 is 19.4 Å². The number of fused-ring (bicyclic) bond motifs is 1. The lowest BCUT2D eigenvalue weighted by molar-refractivity contribution is -0.116. The van der Waals surface area contributed by atoms with Crippen molar-refractivity contribution in [3.05, 3.63) is 59.2 Å². The molecule has 0 aromatic heterocycles. The summed E-state index contributed by atoms with van der Waals surface area (Å²) < 4.78 is 5.71. The van der Waals surface area contributed by atoms with E-state index in [-0.39, 0.29) is 17.4 Å². The molecule has 1 unspecified atom stereocenters. The summed E-state index contributed by atoms with van der Waals surface area (Å²) in [5.74, 6) is -0.349. The third-order valence-corrected chi connectivity index (χ3v) is 4.39. The first-order valence-electron chi connectivity index (χ1n) is 8.48. The number of carboxylic acid groups (broad SMARTS) is 1. The Morgan fingerprint density at radius 3 is 2.68 bits per heavy atom. The van der Waals surface area contributed by atoms with Crippen molar-refractivity contribution in [2.24, 2.45) is 0 Å². The van der Waals surface area contributed by atoms with Crippen LogP contribution >= 0.6 is 0 Å². The standard InChI is InChI=1S/C20H21NO4/c1-2-3-10-25-15-8-9-16-17(12-19(22)21-18(16)11-15)13-4-6-14(7-5-13)20(23)24/h4-9,11,17H,2-3,10,12H2,1H3,(H,21,22)(H,23,24). The van der Waals surface area contributed by atoms with Gasteiger partial charge in [-0.1, -0.05) is 31.5 Å². The van der Waals surface area contributed by atoms with Crippen molar-refractivity contribution in [1.29, 1.82) is 0 Å². The van der Waals surface area contributed by atoms with Gasteiger partial charge >= 0.3 is 5.97 Å². The number of unbranched alkanes of at least 4 members (excludes halogenated alkanes) is 1. The molecule has 0 saturated heterocycles. The predicted octanol–water partition coefficient (Wildman–Crippen LogP) is 4.04. The smallest absolute Gasteiger partial charge is 0.335 e. The number of carboxylic acids is 1. The number of carbonyl (C=O) groups is 2. The zero-order valence-electron chi connectivity index (χ0n) is 14.1. The number of hydrogen-bond donors (Lipinski definition) is 2. The van der Waals surface area contributed by atoms with Gasteiger partial charge < -0.3 is 15.2 Å². The van der Waals surface area contributed by atoms with Crippen molar-refractivity contribution in [1.82, 2.24) is 0 Å². The van der Waals surface area contributed by atoms with Gasteiger partial charge in [-0.15, -0.1) is 0 Å². The van der Waals surface area contributed by atoms with Gasteiger partial charge in [-0.05, 0) is 35.7 Å². The molecule has 5 nitrogen and oxygen atoms in total. The minimum Gasteiger partial charge on any atom is -0.494 e. The van der Waals surface area contributed by atoms with Crippen molar-refractivity contribution in [3.63, 3.8) is 0 Å². The quantitative estimate of drug-likeness (QED) is 0.779. The van der Waals surface area contributed by atoms with Gasteiger partial charge in [-0.25, -0.2) is 4.79 Å². The Labute approximate surface area is 146 Å². The summed E-state index contributed by atoms with van der Waals surface area (Å²) in [5, 5.41) is 11.9. The third-order valence-electron chi connectivity index (χ3n) is 4.39. The van der Waals surface area contributed by atoms with E-state index in [4.69, 9.17) is 9.84 Å². The minimum atomic E-state index is -0.956. The number of anilines is 1. The topological polar surface area (TPSA) is 75.6 Å². The van der Waals surface area contributed by atoms with Crippen LogP contribution in [0.2, 0.25) is 0 Å². The first-order chi connectivity index (χ1) is 12.1. The van der Waals surface area contributed by atoms with Crippen LogP contribution in [-0.2, 0) is 4.79 Å². The number of rotatable bonds is 6. The fourth-order valence-electron chi connectivity index (χ4n) is 3.02. The van der Waals surface area contributed by atoms with Gasteiger partial charge in [0.05, 0.1) is 12.2 Å². The average molecular weight is 339 g/mol. The molecule has 2 aromatic rings. The molecule has 5 heteroatoms. The van der Waals surface area contributed by atoms with Crippen LogP contribution in [0.5, 0.6) is 5.75 Å². The summed E-state index contributed by atoms with van der Waals surface area (Å²) in [6.45, 7) is 2.76. The Morgan fingerprint density at radius 1 is 1.24 bits per heavy atom. The summed E-state index contributed by atoms with van der Waals surface area (Å²) in [5.41, 5.74) is 2.95. The van der Waals surface area contributed by atoms with Crippen LogP contribution in [0, 0.1) is 0 Å². The fraction of sp³-hybridized carbons (Fsp3) is 0.300. The molecule has 0 bridgehead atoms. The number of hydrogen-bond acceptors (Lipinski definition) is 3. The highest BCUT2D eigenvalue weighted by atomic mass is 16.5. The van der Waals surface area contributed by atoms with Crippen molar-refractivity contribution in [3.8, 4) is 5.75 Å². The normalized spacial score (nSPS) is 16.0. The van der Waals surface area contributed by atoms with E-state index < -0.39 is 5.97 Å². The van der Waals surface area contributed by atoms with Gasteiger partial charge in [-0.2, -0.15) is 0 Å². The predicted molar refractivity (Wildman–Crippen MR) is 95.3 cm³/mol. The van der Waals surface area contributed by atoms with E-state index >= 15 is 0 Å². The third kappa shape index (κ3) is 3.82. The summed E-state index contributed by atoms with van der Waals surface area (Å²) in [7, 11) is 0. The first kappa shape index (κ1) is 17.0. The first-order valence-corrected chi connectivity index (χ1v) is 8.48. The zero-order valence-corrected chi connectivity index (χ0v) is 14.1. The molecule has 130 valence electrons. The number of amides is 1. The lowest BCUT2D eigenvalue weighted by Gasteiger charge is -2.26. The Bertz CT molecular complexity index is 783. The van der Waals surface area contributed by atoms with Gasteiger partial charge in [0.2, 0.25) is 5.91 Å². The second kappa shape index (κ2) is 7.38. The maximum absolute atomic E-state index is 12.1. The molecule has 0 saturated carbocycles. The molecule has 0 radical (unpaired) electrons. The molecule has 1 aliphatic heterocycles. The van der Waals surface area contributed by atoms with E-state index in [1.54, 1.807) is 24.3 Å². The number of aromatic carboxylic acids is 1. The van der Waals surface area contributed by atoms with Crippen LogP contribution in [0.1, 0.15) is 53.6 Å². The van der Waals surface area contributed by atoms with E-state index in [1.807, 2.05) is 18.2 Å². The molecule has 1 amide bonds. The van der Waals surface area contributed by atoms with Crippen LogP contribution in [0.15, 0.2) is 42.5 Å². The fourth-order valence-corrected chi connectivity index (χ4v) is 3.02. The van der Waals surface area contributed by atoms with Crippen LogP contribution in [-0.4, -0.2) is 23.6 Å². The van der Waals surface area contributed by atoms with Crippen LogP contribution < -0.4 is 10.1 Å². The molecule has 2 N–H and O–H groups in total. The van der Waals surface area contributed by atoms with Gasteiger partial charge in [-0.3, -0.25) is 4.79 Å². The van der Waals surface area contributed by atoms with E-state index in [1.165, 1.54) is 0 Å². The monoisotopic (exact) mass is 339 g/mol. The Kier molecular flexibility index (Phi) is 5.03. The second-order valence-electron chi connectivity index (χ2n) is 6.18. The molecule has 0 aliphatic carbocycles. The second-order valence-corrected chi connectivity index (χ2v) is 6.18. The minimum absolute atomic E-state index is 0.0504. The SMILES string of the molecule is CCCCOc1ccc2c(c1)NC(=O)CC2c1ccc(C(=O)O)cc1. The van der Waals surface area contributed by atoms with E-state index in [0.717, 1.165) is 35.4 Å². The highest BCUT2D eigenvalue weighted by Gasteiger charge is 2.27. The van der Waals surface area contributed by atoms with E-state index in [0.29, 0.717) is 13.0 Å². The van der Waals surface area contributed by atoms with Gasteiger partial charge in [0, 0.05) is 24.1 Å². The maximum Gasteiger partial charge on any atom is 0.335 e. The van der Waals surface area contributed by atoms with Crippen LogP contribution in [0.25, 0.3) is 0 Å². The number of nitrogens with one attached hydrogen (secondary N) is 1. The lowest BCUT2D eigenvalue weighted by atomic mass is 9.84. The molecule has 1 heterocycles. The van der Waals surface area contributed by atoms with Crippen LogP contribution in [0.4, 0.5) is 5.69 Å². The Balaban J connectivity index is 1.88. The number of carbonyl (C=O) groups excluding carboxylic acids is 1. The van der Waals surface area contributed by atoms with E-state index in [2.05, 4.69) is 12.2 Å². The molecule has 0 spiro atoms. The molecule has 1 atom stereocenters. The maximum atomic E-state index is 12.1. The molecule has 3 rings (SSSR count). The van der Waals surface area contributed by atoms with Crippen molar-refractivity contribution in [2.45, 2.75) is 32.1 Å². The molecular weight excluding hydrogens is 318 g/mol. The van der Waals surface area contributed by atoms with Gasteiger partial charge in [0.25, 0.3) is 0 Å². The summed E-state index contributed by atoms with van der Waals surface area (Å²) >= 11 is 0. The summed E-state index contributed by atoms with van der Waals surface area (Å²) in [6.07, 6.45) is 2.40. The zero-order chi connectivity index (χ0) is 17.8. The van der Waals surface area contributed by atoms with Crippen molar-refractivity contribution in [2.75, 3.05) is 11.9 Å². The molecule has 0 fully saturated rings. The number of ether oxygens (including phenoxy) is 1. The summed E-state index contributed by atoms with van der Waals surface area (Å²) in [6, 6.07) is 12.5. The lowest BCUT2D eigenvalue weighted by Crippen LogP contribution is -2.23. The van der Waals surface area contributed by atoms with Gasteiger partial charge in [0.15, 0.2) is 0 Å². The summed E-state index contributed by atoms with van der Waals surface area (Å²) in [4.78, 5) is 23.1. The highest BCUT2D eigenvalue weighted by molar-refractivity contribution is 5.95.